The van der Waals surface area contributed by atoms with Crippen LogP contribution in [0, 0.1) is 0 Å². The minimum Gasteiger partial charge on any atom is -0.332 e. The highest BCUT2D eigenvalue weighted by atomic mass is 32.3. The van der Waals surface area contributed by atoms with Gasteiger partial charge in [-0.05, 0) is 0 Å². The molecule has 4 nitrogen and oxygen atoms in total. The number of rotatable bonds is 5. The van der Waals surface area contributed by atoms with Crippen LogP contribution in [0.15, 0.2) is 0 Å². The molecule has 0 spiro atoms. The van der Waals surface area contributed by atoms with Gasteiger partial charge >= 0.3 is 19.1 Å². The van der Waals surface area contributed by atoms with E-state index >= 15 is 0 Å². The maximum absolute atomic E-state index is 11.9. The van der Waals surface area contributed by atoms with E-state index in [-0.39, 0.29) is 0 Å². The Morgan fingerprint density at radius 3 is 1.71 bits per heavy atom. The van der Waals surface area contributed by atoms with E-state index in [9.17, 15) is 34.8 Å². The molecule has 0 heterocycles. The standard InChI is InChI=1S/C4H5BF6O4S2/c1-14-16(12)2-17(13)15-5(3(6,7)8)4(9,10)11/h2H2,1H3. The molecule has 0 aromatic carbocycles. The summed E-state index contributed by atoms with van der Waals surface area (Å²) in [7, 11) is 0.873. The second-order valence-electron chi connectivity index (χ2n) is 2.45. The molecule has 2 unspecified atom stereocenters. The van der Waals surface area contributed by atoms with Gasteiger partial charge in [-0.1, -0.05) is 0 Å². The highest BCUT2D eigenvalue weighted by Gasteiger charge is 2.65. The molecule has 0 rings (SSSR count). The normalized spacial score (nSPS) is 16.6. The number of hydrogen-bond acceptors (Lipinski definition) is 4. The van der Waals surface area contributed by atoms with E-state index in [2.05, 4.69) is 8.28 Å². The summed E-state index contributed by atoms with van der Waals surface area (Å²) in [6, 6.07) is 0. The molecule has 17 heavy (non-hydrogen) atoms. The van der Waals surface area contributed by atoms with E-state index in [4.69, 9.17) is 0 Å². The van der Waals surface area contributed by atoms with Crippen LogP contribution in [0.5, 0.6) is 0 Å². The molecule has 0 aliphatic heterocycles. The van der Waals surface area contributed by atoms with Crippen molar-refractivity contribution in [3.8, 4) is 0 Å². The van der Waals surface area contributed by atoms with E-state index in [0.29, 0.717) is 0 Å². The third-order valence-corrected chi connectivity index (χ3v) is 3.49. The molecular formula is C4H5BF6O4S2. The molecule has 2 atom stereocenters. The molecule has 0 fully saturated rings. The molecule has 0 N–H and O–H groups in total. The fraction of sp³-hybridized carbons (Fsp3) is 1.00. The third kappa shape index (κ3) is 6.38. The number of halogens is 6. The maximum Gasteiger partial charge on any atom is 0.556 e. The summed E-state index contributed by atoms with van der Waals surface area (Å²) in [5.41, 5.74) is 0. The van der Waals surface area contributed by atoms with E-state index < -0.39 is 46.3 Å². The Bertz CT molecular complexity index is 289. The van der Waals surface area contributed by atoms with Crippen molar-refractivity contribution in [1.82, 2.24) is 0 Å². The first-order chi connectivity index (χ1) is 7.48. The van der Waals surface area contributed by atoms with Gasteiger partial charge in [0.2, 0.25) is 0 Å². The first kappa shape index (κ1) is 16.9. The SMILES string of the molecule is COS(=O)CS(=O)OB(C(F)(F)F)C(F)(F)F. The fourth-order valence-corrected chi connectivity index (χ4v) is 2.22. The van der Waals surface area contributed by atoms with Gasteiger partial charge in [-0.25, -0.2) is 8.42 Å². The third-order valence-electron chi connectivity index (χ3n) is 1.18. The zero-order valence-electron chi connectivity index (χ0n) is 8.00. The summed E-state index contributed by atoms with van der Waals surface area (Å²) >= 11 is -5.33. The van der Waals surface area contributed by atoms with Gasteiger partial charge in [-0.2, -0.15) is 26.3 Å². The van der Waals surface area contributed by atoms with Gasteiger partial charge in [0, 0.05) is 0 Å². The summed E-state index contributed by atoms with van der Waals surface area (Å²) in [5, 5.41) is -1.11. The molecule has 13 heteroatoms. The Morgan fingerprint density at radius 2 is 1.41 bits per heavy atom. The van der Waals surface area contributed by atoms with Crippen LogP contribution in [0.25, 0.3) is 0 Å². The minimum absolute atomic E-state index is 0.873. The lowest BCUT2D eigenvalue weighted by molar-refractivity contribution is -0.117. The van der Waals surface area contributed by atoms with E-state index in [1.807, 2.05) is 0 Å². The Balaban J connectivity index is 4.68. The van der Waals surface area contributed by atoms with Crippen molar-refractivity contribution < 1.29 is 43.0 Å². The molecule has 0 amide bonds. The summed E-state index contributed by atoms with van der Waals surface area (Å²) in [6.45, 7) is -4.19. The molecule has 0 aromatic rings. The molecule has 0 saturated carbocycles. The second-order valence-corrected chi connectivity index (χ2v) is 5.14. The molecule has 0 saturated heterocycles. The Hall–Kier alpha value is -0.135. The second kappa shape index (κ2) is 6.16. The summed E-state index contributed by atoms with van der Waals surface area (Å²) < 4.78 is 100. The van der Waals surface area contributed by atoms with Crippen LogP contribution in [0.4, 0.5) is 26.3 Å². The lowest BCUT2D eigenvalue weighted by atomic mass is 9.67. The van der Waals surface area contributed by atoms with Crippen molar-refractivity contribution in [2.24, 2.45) is 0 Å². The smallest absolute Gasteiger partial charge is 0.332 e. The molecule has 0 aliphatic rings. The van der Waals surface area contributed by atoms with Crippen molar-refractivity contribution in [1.29, 1.82) is 0 Å². The molecule has 0 aromatic heterocycles. The number of hydrogen-bond donors (Lipinski definition) is 0. The van der Waals surface area contributed by atoms with E-state index in [0.717, 1.165) is 7.11 Å². The van der Waals surface area contributed by atoms with Gasteiger partial charge in [-0.15, -0.1) is 0 Å². The largest absolute Gasteiger partial charge is 0.556 e. The fourth-order valence-electron chi connectivity index (χ4n) is 0.556. The quantitative estimate of drug-likeness (QED) is 0.564. The van der Waals surface area contributed by atoms with Gasteiger partial charge in [0.15, 0.2) is 22.2 Å². The Kier molecular flexibility index (Phi) is 6.11. The first-order valence-corrected chi connectivity index (χ1v) is 6.09. The molecular weight excluding hydrogens is 301 g/mol. The summed E-state index contributed by atoms with van der Waals surface area (Å²) in [5.74, 6) is 0. The lowest BCUT2D eigenvalue weighted by Crippen LogP contribution is -2.50. The molecule has 0 bridgehead atoms. The van der Waals surface area contributed by atoms with Gasteiger partial charge in [0.05, 0.1) is 7.11 Å². The predicted octanol–water partition coefficient (Wildman–Crippen LogP) is 1.13. The van der Waals surface area contributed by atoms with Crippen molar-refractivity contribution >= 4 is 29.1 Å². The van der Waals surface area contributed by atoms with Crippen molar-refractivity contribution in [3.63, 3.8) is 0 Å². The van der Waals surface area contributed by atoms with E-state index in [1.54, 1.807) is 0 Å². The van der Waals surface area contributed by atoms with Crippen LogP contribution < -0.4 is 0 Å². The van der Waals surface area contributed by atoms with E-state index in [1.165, 1.54) is 0 Å². The highest BCUT2D eigenvalue weighted by molar-refractivity contribution is 7.97. The van der Waals surface area contributed by atoms with Gasteiger partial charge in [-0.3, -0.25) is 4.18 Å². The van der Waals surface area contributed by atoms with Crippen LogP contribution in [-0.4, -0.2) is 39.7 Å². The maximum atomic E-state index is 11.9. The van der Waals surface area contributed by atoms with Crippen molar-refractivity contribution in [2.45, 2.75) is 12.2 Å². The highest BCUT2D eigenvalue weighted by Crippen LogP contribution is 2.32. The monoisotopic (exact) mass is 306 g/mol. The summed E-state index contributed by atoms with van der Waals surface area (Å²) in [6.07, 6.45) is -11.5. The average Bonchev–Trinajstić information content (AvgIpc) is 2.10. The van der Waals surface area contributed by atoms with Crippen LogP contribution in [0.2, 0.25) is 0 Å². The van der Waals surface area contributed by atoms with Crippen LogP contribution in [0.3, 0.4) is 0 Å². The van der Waals surface area contributed by atoms with Gasteiger partial charge in [0.1, 0.15) is 5.08 Å². The van der Waals surface area contributed by atoms with Crippen molar-refractivity contribution in [3.05, 3.63) is 0 Å². The predicted molar refractivity (Wildman–Crippen MR) is 47.1 cm³/mol. The molecule has 102 valence electrons. The first-order valence-electron chi connectivity index (χ1n) is 3.60. The number of alkyl halides is 6. The van der Waals surface area contributed by atoms with Gasteiger partial charge in [0.25, 0.3) is 0 Å². The average molecular weight is 306 g/mol. The molecule has 0 aliphatic carbocycles. The zero-order valence-corrected chi connectivity index (χ0v) is 9.63. The lowest BCUT2D eigenvalue weighted by Gasteiger charge is -2.18. The van der Waals surface area contributed by atoms with Crippen molar-refractivity contribution in [2.75, 3.05) is 12.2 Å². The van der Waals surface area contributed by atoms with Crippen LogP contribution in [0.1, 0.15) is 0 Å². The van der Waals surface area contributed by atoms with Gasteiger partial charge < -0.3 is 4.10 Å². The topological polar surface area (TPSA) is 52.6 Å². The minimum atomic E-state index is -5.76. The van der Waals surface area contributed by atoms with Crippen LogP contribution in [-0.2, 0) is 30.4 Å². The Labute approximate surface area is 97.1 Å². The molecule has 0 radical (unpaired) electrons. The zero-order chi connectivity index (χ0) is 13.9. The Morgan fingerprint density at radius 1 is 1.00 bits per heavy atom. The summed E-state index contributed by atoms with van der Waals surface area (Å²) in [4.78, 5) is 0. The van der Waals surface area contributed by atoms with Crippen LogP contribution >= 0.6 is 0 Å².